The summed E-state index contributed by atoms with van der Waals surface area (Å²) in [6, 6.07) is 12.9. The zero-order valence-electron chi connectivity index (χ0n) is 17.4. The Labute approximate surface area is 191 Å². The normalized spacial score (nSPS) is 17.6. The van der Waals surface area contributed by atoms with Gasteiger partial charge in [-0.2, -0.15) is 0 Å². The number of nitrogens with zero attached hydrogens (tertiary/aromatic N) is 2. The molecule has 1 fully saturated rings. The lowest BCUT2D eigenvalue weighted by Gasteiger charge is -2.18. The van der Waals surface area contributed by atoms with Gasteiger partial charge in [-0.3, -0.25) is 14.7 Å². The van der Waals surface area contributed by atoms with Crippen LogP contribution in [0.15, 0.2) is 52.4 Å². The van der Waals surface area contributed by atoms with Gasteiger partial charge < -0.3 is 14.9 Å². The molecule has 1 aliphatic rings. The van der Waals surface area contributed by atoms with E-state index in [4.69, 9.17) is 21.4 Å². The molecule has 1 amide bonds. The number of thioether (sulfide) groups is 1. The van der Waals surface area contributed by atoms with Crippen molar-refractivity contribution in [2.45, 2.75) is 26.4 Å². The van der Waals surface area contributed by atoms with Gasteiger partial charge in [-0.05, 0) is 60.5 Å². The average Bonchev–Trinajstić information content (AvgIpc) is 3.06. The molecule has 0 unspecified atom stereocenters. The van der Waals surface area contributed by atoms with E-state index in [0.29, 0.717) is 27.4 Å². The Morgan fingerprint density at radius 3 is 2.74 bits per heavy atom. The first-order valence-corrected chi connectivity index (χ1v) is 11.2. The van der Waals surface area contributed by atoms with Crippen LogP contribution in [0.1, 0.15) is 24.5 Å². The number of carbonyl (C=O) groups excluding carboxylic acids is 1. The molecule has 1 atom stereocenters. The van der Waals surface area contributed by atoms with Gasteiger partial charge in [0.2, 0.25) is 0 Å². The van der Waals surface area contributed by atoms with Gasteiger partial charge in [0.15, 0.2) is 5.17 Å². The van der Waals surface area contributed by atoms with Crippen molar-refractivity contribution in [1.82, 2.24) is 0 Å². The summed E-state index contributed by atoms with van der Waals surface area (Å²) in [4.78, 5) is 20.1. The number of benzene rings is 2. The number of amidine groups is 1. The molecular formula is C23H25ClN2O4S. The number of carbonyl (C=O) groups is 1. The standard InChI is InChI=1S/C23H25ClN2O4S/c1-3-10-25-23-26(19-7-5-4-6-15(19)2)22(29)21(31-23)12-16-8-9-20(18(24)11-16)30-14-17(28)13-27/h4-9,11-12,17,27-28H,3,10,13-14H2,1-2H3/b21-12?,25-23-/t17-/m1/s1. The summed E-state index contributed by atoms with van der Waals surface area (Å²) in [5.74, 6) is 0.269. The molecule has 2 N–H and O–H groups in total. The van der Waals surface area contributed by atoms with E-state index in [1.54, 1.807) is 29.2 Å². The molecule has 0 bridgehead atoms. The maximum atomic E-state index is 13.2. The van der Waals surface area contributed by atoms with Crippen LogP contribution in [0.5, 0.6) is 5.75 Å². The molecule has 0 radical (unpaired) electrons. The zero-order chi connectivity index (χ0) is 22.4. The van der Waals surface area contributed by atoms with Crippen LogP contribution in [0, 0.1) is 6.92 Å². The summed E-state index contributed by atoms with van der Waals surface area (Å²) in [5.41, 5.74) is 2.57. The summed E-state index contributed by atoms with van der Waals surface area (Å²) in [5, 5.41) is 19.3. The monoisotopic (exact) mass is 460 g/mol. The Morgan fingerprint density at radius 1 is 1.29 bits per heavy atom. The van der Waals surface area contributed by atoms with Gasteiger partial charge >= 0.3 is 0 Å². The quantitative estimate of drug-likeness (QED) is 0.575. The molecule has 3 rings (SSSR count). The minimum atomic E-state index is -0.973. The first kappa shape index (κ1) is 23.3. The van der Waals surface area contributed by atoms with E-state index in [1.807, 2.05) is 38.1 Å². The van der Waals surface area contributed by atoms with Crippen LogP contribution in [0.2, 0.25) is 5.02 Å². The number of ether oxygens (including phenoxy) is 1. The highest BCUT2D eigenvalue weighted by Crippen LogP contribution is 2.38. The number of amides is 1. The van der Waals surface area contributed by atoms with Crippen LogP contribution < -0.4 is 9.64 Å². The lowest BCUT2D eigenvalue weighted by Crippen LogP contribution is -2.29. The third kappa shape index (κ3) is 5.68. The first-order chi connectivity index (χ1) is 14.9. The predicted octanol–water partition coefficient (Wildman–Crippen LogP) is 4.27. The summed E-state index contributed by atoms with van der Waals surface area (Å²) >= 11 is 7.64. The number of aliphatic hydroxyl groups is 2. The second-order valence-electron chi connectivity index (χ2n) is 7.04. The van der Waals surface area contributed by atoms with Crippen LogP contribution in [-0.4, -0.2) is 47.2 Å². The van der Waals surface area contributed by atoms with Gasteiger partial charge in [-0.15, -0.1) is 0 Å². The Bertz CT molecular complexity index is 1010. The lowest BCUT2D eigenvalue weighted by molar-refractivity contribution is -0.113. The number of aliphatic hydroxyl groups excluding tert-OH is 2. The number of halogens is 1. The average molecular weight is 461 g/mol. The van der Waals surface area contributed by atoms with Gasteiger partial charge in [0, 0.05) is 6.54 Å². The molecule has 6 nitrogen and oxygen atoms in total. The highest BCUT2D eigenvalue weighted by Gasteiger charge is 2.35. The van der Waals surface area contributed by atoms with E-state index in [-0.39, 0.29) is 19.1 Å². The first-order valence-electron chi connectivity index (χ1n) is 10.00. The minimum Gasteiger partial charge on any atom is -0.489 e. The summed E-state index contributed by atoms with van der Waals surface area (Å²) in [6.07, 6.45) is 1.70. The zero-order valence-corrected chi connectivity index (χ0v) is 19.0. The minimum absolute atomic E-state index is 0.0619. The number of hydrogen-bond donors (Lipinski definition) is 2. The number of para-hydroxylation sites is 1. The molecule has 1 saturated heterocycles. The highest BCUT2D eigenvalue weighted by atomic mass is 35.5. The van der Waals surface area contributed by atoms with Crippen molar-refractivity contribution in [2.75, 3.05) is 24.7 Å². The van der Waals surface area contributed by atoms with Gasteiger partial charge in [0.1, 0.15) is 18.5 Å². The molecule has 1 heterocycles. The maximum absolute atomic E-state index is 13.2. The largest absolute Gasteiger partial charge is 0.489 e. The summed E-state index contributed by atoms with van der Waals surface area (Å²) in [6.45, 7) is 4.21. The van der Waals surface area contributed by atoms with Crippen molar-refractivity contribution in [3.05, 3.63) is 63.5 Å². The van der Waals surface area contributed by atoms with Crippen LogP contribution in [0.25, 0.3) is 6.08 Å². The second-order valence-corrected chi connectivity index (χ2v) is 8.46. The smallest absolute Gasteiger partial charge is 0.271 e. The fraction of sp³-hybridized carbons (Fsp3) is 0.304. The van der Waals surface area contributed by atoms with Crippen LogP contribution in [0.3, 0.4) is 0 Å². The molecule has 8 heteroatoms. The maximum Gasteiger partial charge on any atom is 0.271 e. The topological polar surface area (TPSA) is 82.4 Å². The molecular weight excluding hydrogens is 436 g/mol. The van der Waals surface area contributed by atoms with Crippen LogP contribution in [0.4, 0.5) is 5.69 Å². The summed E-state index contributed by atoms with van der Waals surface area (Å²) < 4.78 is 5.42. The van der Waals surface area contributed by atoms with Crippen LogP contribution in [-0.2, 0) is 4.79 Å². The Hall–Kier alpha value is -2.32. The van der Waals surface area contributed by atoms with E-state index in [2.05, 4.69) is 4.99 Å². The van der Waals surface area contributed by atoms with Gasteiger partial charge in [0.25, 0.3) is 5.91 Å². The third-order valence-corrected chi connectivity index (χ3v) is 5.83. The molecule has 1 aliphatic heterocycles. The van der Waals surface area contributed by atoms with Crippen molar-refractivity contribution in [1.29, 1.82) is 0 Å². The Kier molecular flexibility index (Phi) is 8.15. The molecule has 0 spiro atoms. The predicted molar refractivity (Wildman–Crippen MR) is 127 cm³/mol. The van der Waals surface area contributed by atoms with Gasteiger partial charge in [-0.1, -0.05) is 42.8 Å². The van der Waals surface area contributed by atoms with E-state index >= 15 is 0 Å². The van der Waals surface area contributed by atoms with Crippen molar-refractivity contribution < 1.29 is 19.7 Å². The van der Waals surface area contributed by atoms with Crippen molar-refractivity contribution >= 4 is 46.2 Å². The van der Waals surface area contributed by atoms with Crippen molar-refractivity contribution in [2.24, 2.45) is 4.99 Å². The third-order valence-electron chi connectivity index (χ3n) is 4.53. The van der Waals surface area contributed by atoms with E-state index in [0.717, 1.165) is 23.2 Å². The SMILES string of the molecule is CCC/N=C1\SC(=Cc2ccc(OC[C@H](O)CO)c(Cl)c2)C(=O)N1c1ccccc1C. The molecule has 164 valence electrons. The van der Waals surface area contributed by atoms with Gasteiger partial charge in [-0.25, -0.2) is 0 Å². The molecule has 2 aromatic rings. The number of anilines is 1. The summed E-state index contributed by atoms with van der Waals surface area (Å²) in [7, 11) is 0. The number of hydrogen-bond acceptors (Lipinski definition) is 6. The fourth-order valence-corrected chi connectivity index (χ4v) is 4.17. The lowest BCUT2D eigenvalue weighted by atomic mass is 10.1. The number of rotatable bonds is 8. The number of aliphatic imine (C=N–C) groups is 1. The molecule has 0 aromatic heterocycles. The Balaban J connectivity index is 1.88. The van der Waals surface area contributed by atoms with Crippen molar-refractivity contribution in [3.63, 3.8) is 0 Å². The van der Waals surface area contributed by atoms with E-state index < -0.39 is 6.10 Å². The van der Waals surface area contributed by atoms with E-state index in [9.17, 15) is 9.90 Å². The van der Waals surface area contributed by atoms with E-state index in [1.165, 1.54) is 11.8 Å². The fourth-order valence-electron chi connectivity index (χ4n) is 2.93. The molecule has 0 saturated carbocycles. The molecule has 31 heavy (non-hydrogen) atoms. The van der Waals surface area contributed by atoms with Gasteiger partial charge in [0.05, 0.1) is 22.2 Å². The van der Waals surface area contributed by atoms with Crippen molar-refractivity contribution in [3.8, 4) is 5.75 Å². The molecule has 0 aliphatic carbocycles. The second kappa shape index (κ2) is 10.8. The Morgan fingerprint density at radius 2 is 2.06 bits per heavy atom. The molecule has 2 aromatic carbocycles. The number of aryl methyl sites for hydroxylation is 1. The highest BCUT2D eigenvalue weighted by molar-refractivity contribution is 8.19. The van der Waals surface area contributed by atoms with Crippen LogP contribution >= 0.6 is 23.4 Å².